The van der Waals surface area contributed by atoms with Crippen molar-refractivity contribution in [2.45, 2.75) is 219 Å². The van der Waals surface area contributed by atoms with Crippen molar-refractivity contribution < 1.29 is 14.3 Å². The molecule has 0 radical (unpaired) electrons. The van der Waals surface area contributed by atoms with Crippen LogP contribution in [0.3, 0.4) is 0 Å². The molecule has 0 aliphatic carbocycles. The average Bonchev–Trinajstić information content (AvgIpc) is 3.17. The molecule has 0 atom stereocenters. The standard InChI is InChI=1S/C48H86N2O3/c1-4-7-10-12-14-16-18-20-22-24-26-28-30-32-34-36-40-48(47(52)50-42-9-6-3,53-46(51)45-38-43-49-44-39-45)41-37-35-33-31-29-27-25-23-21-19-17-15-13-11-8-5-2/h14-17,20-23,45,49H,4-13,18-19,24-44H2,1-3H3,(H,50,52)/b16-14-,17-15-,22-20-,23-21-. The molecule has 0 aromatic heterocycles. The average molecular weight is 739 g/mol. The molecule has 0 unspecified atom stereocenters. The van der Waals surface area contributed by atoms with Gasteiger partial charge in [-0.25, -0.2) is 0 Å². The largest absolute Gasteiger partial charge is 0.449 e. The Kier molecular flexibility index (Phi) is 34.0. The number of esters is 1. The first-order valence-electron chi connectivity index (χ1n) is 22.9. The van der Waals surface area contributed by atoms with Crippen molar-refractivity contribution in [1.82, 2.24) is 10.6 Å². The molecular formula is C48H86N2O3. The number of allylic oxidation sites excluding steroid dienone is 8. The van der Waals surface area contributed by atoms with Gasteiger partial charge in [0.2, 0.25) is 0 Å². The van der Waals surface area contributed by atoms with E-state index in [0.29, 0.717) is 19.4 Å². The summed E-state index contributed by atoms with van der Waals surface area (Å²) < 4.78 is 6.42. The van der Waals surface area contributed by atoms with Gasteiger partial charge < -0.3 is 15.4 Å². The Morgan fingerprint density at radius 3 is 1.38 bits per heavy atom. The second-order valence-corrected chi connectivity index (χ2v) is 15.7. The Morgan fingerprint density at radius 2 is 0.943 bits per heavy atom. The van der Waals surface area contributed by atoms with Crippen molar-refractivity contribution in [2.75, 3.05) is 19.6 Å². The Morgan fingerprint density at radius 1 is 0.547 bits per heavy atom. The molecule has 1 heterocycles. The lowest BCUT2D eigenvalue weighted by Crippen LogP contribution is -2.51. The number of ether oxygens (including phenoxy) is 1. The Balaban J connectivity index is 2.55. The van der Waals surface area contributed by atoms with Crippen molar-refractivity contribution in [3.05, 3.63) is 48.6 Å². The Labute approximate surface area is 329 Å². The molecule has 0 aromatic carbocycles. The number of carbonyl (C=O) groups excluding carboxylic acids is 2. The van der Waals surface area contributed by atoms with E-state index in [-0.39, 0.29) is 17.8 Å². The van der Waals surface area contributed by atoms with Gasteiger partial charge in [-0.15, -0.1) is 0 Å². The quantitative estimate of drug-likeness (QED) is 0.0381. The van der Waals surface area contributed by atoms with Gasteiger partial charge in [0.05, 0.1) is 5.92 Å². The highest BCUT2D eigenvalue weighted by molar-refractivity contribution is 5.88. The highest BCUT2D eigenvalue weighted by Crippen LogP contribution is 2.31. The number of unbranched alkanes of at least 4 members (excludes halogenated alkanes) is 19. The van der Waals surface area contributed by atoms with Crippen molar-refractivity contribution >= 4 is 11.9 Å². The molecule has 0 spiro atoms. The summed E-state index contributed by atoms with van der Waals surface area (Å²) in [4.78, 5) is 27.5. The van der Waals surface area contributed by atoms with Gasteiger partial charge in [0, 0.05) is 6.54 Å². The molecule has 0 bridgehead atoms. The van der Waals surface area contributed by atoms with Crippen LogP contribution in [0.15, 0.2) is 48.6 Å². The fourth-order valence-corrected chi connectivity index (χ4v) is 7.17. The second kappa shape index (κ2) is 36.8. The summed E-state index contributed by atoms with van der Waals surface area (Å²) >= 11 is 0. The fourth-order valence-electron chi connectivity index (χ4n) is 7.17. The zero-order valence-corrected chi connectivity index (χ0v) is 35.3. The molecule has 0 saturated carbocycles. The fraction of sp³-hybridized carbons (Fsp3) is 0.792. The van der Waals surface area contributed by atoms with E-state index >= 15 is 0 Å². The molecular weight excluding hydrogens is 653 g/mol. The monoisotopic (exact) mass is 739 g/mol. The molecule has 2 N–H and O–H groups in total. The van der Waals surface area contributed by atoms with Gasteiger partial charge in [-0.1, -0.05) is 153 Å². The number of piperidine rings is 1. The number of nitrogens with one attached hydrogen (secondary N) is 2. The van der Waals surface area contributed by atoms with Crippen LogP contribution in [0.5, 0.6) is 0 Å². The van der Waals surface area contributed by atoms with Crippen LogP contribution in [0.25, 0.3) is 0 Å². The molecule has 1 aliphatic rings. The minimum absolute atomic E-state index is 0.0570. The molecule has 1 rings (SSSR count). The lowest BCUT2D eigenvalue weighted by molar-refractivity contribution is -0.175. The minimum Gasteiger partial charge on any atom is -0.449 e. The van der Waals surface area contributed by atoms with Crippen molar-refractivity contribution in [2.24, 2.45) is 5.92 Å². The van der Waals surface area contributed by atoms with E-state index in [0.717, 1.165) is 90.1 Å². The summed E-state index contributed by atoms with van der Waals surface area (Å²) in [5.41, 5.74) is -1.04. The third-order valence-corrected chi connectivity index (χ3v) is 10.8. The first-order chi connectivity index (χ1) is 26.1. The topological polar surface area (TPSA) is 67.4 Å². The molecule has 0 aromatic rings. The third kappa shape index (κ3) is 28.0. The third-order valence-electron chi connectivity index (χ3n) is 10.8. The van der Waals surface area contributed by atoms with Gasteiger partial charge in [0.1, 0.15) is 0 Å². The predicted molar refractivity (Wildman–Crippen MR) is 230 cm³/mol. The Hall–Kier alpha value is -2.14. The van der Waals surface area contributed by atoms with Crippen molar-refractivity contribution in [3.8, 4) is 0 Å². The highest BCUT2D eigenvalue weighted by Gasteiger charge is 2.42. The van der Waals surface area contributed by atoms with Gasteiger partial charge in [-0.2, -0.15) is 0 Å². The number of hydrogen-bond donors (Lipinski definition) is 2. The molecule has 1 aliphatic heterocycles. The SMILES string of the molecule is CCCCC/C=C\C/C=C\CCCCCCCCC(CCCCCCCC/C=C\C/C=C\CCCCC)(OC(=O)C1CCNCC1)C(=O)NCCCC. The van der Waals surface area contributed by atoms with E-state index in [1.165, 1.54) is 103 Å². The van der Waals surface area contributed by atoms with Crippen LogP contribution >= 0.6 is 0 Å². The molecule has 5 heteroatoms. The van der Waals surface area contributed by atoms with Crippen LogP contribution < -0.4 is 10.6 Å². The zero-order chi connectivity index (χ0) is 38.3. The van der Waals surface area contributed by atoms with Crippen molar-refractivity contribution in [3.63, 3.8) is 0 Å². The second-order valence-electron chi connectivity index (χ2n) is 15.7. The van der Waals surface area contributed by atoms with E-state index in [2.05, 4.69) is 80.0 Å². The number of hydrogen-bond acceptors (Lipinski definition) is 4. The van der Waals surface area contributed by atoms with Crippen LogP contribution in [-0.2, 0) is 14.3 Å². The predicted octanol–water partition coefficient (Wildman–Crippen LogP) is 13.6. The van der Waals surface area contributed by atoms with Gasteiger partial charge in [-0.3, -0.25) is 9.59 Å². The summed E-state index contributed by atoms with van der Waals surface area (Å²) in [6.45, 7) is 8.98. The summed E-state index contributed by atoms with van der Waals surface area (Å²) in [7, 11) is 0. The van der Waals surface area contributed by atoms with Gasteiger partial charge >= 0.3 is 5.97 Å². The van der Waals surface area contributed by atoms with Crippen molar-refractivity contribution in [1.29, 1.82) is 0 Å². The molecule has 1 amide bonds. The van der Waals surface area contributed by atoms with Crippen LogP contribution in [-0.4, -0.2) is 37.1 Å². The molecule has 53 heavy (non-hydrogen) atoms. The maximum absolute atomic E-state index is 13.9. The summed E-state index contributed by atoms with van der Waals surface area (Å²) in [5, 5.41) is 6.55. The minimum atomic E-state index is -1.04. The first kappa shape index (κ1) is 48.9. The number of rotatable bonds is 36. The van der Waals surface area contributed by atoms with E-state index in [1.807, 2.05) is 0 Å². The van der Waals surface area contributed by atoms with Crippen LogP contribution in [0.1, 0.15) is 213 Å². The molecule has 1 saturated heterocycles. The number of carbonyl (C=O) groups is 2. The zero-order valence-electron chi connectivity index (χ0n) is 35.3. The smallest absolute Gasteiger partial charge is 0.310 e. The van der Waals surface area contributed by atoms with E-state index in [9.17, 15) is 9.59 Å². The van der Waals surface area contributed by atoms with Crippen LogP contribution in [0, 0.1) is 5.92 Å². The van der Waals surface area contributed by atoms with Crippen LogP contribution in [0.2, 0.25) is 0 Å². The normalized spacial score (nSPS) is 14.4. The lowest BCUT2D eigenvalue weighted by atomic mass is 9.87. The lowest BCUT2D eigenvalue weighted by Gasteiger charge is -2.34. The molecule has 5 nitrogen and oxygen atoms in total. The maximum Gasteiger partial charge on any atom is 0.310 e. The van der Waals surface area contributed by atoms with E-state index in [1.54, 1.807) is 0 Å². The van der Waals surface area contributed by atoms with Gasteiger partial charge in [-0.05, 0) is 122 Å². The maximum atomic E-state index is 13.9. The van der Waals surface area contributed by atoms with Crippen LogP contribution in [0.4, 0.5) is 0 Å². The van der Waals surface area contributed by atoms with E-state index in [4.69, 9.17) is 4.74 Å². The summed E-state index contributed by atoms with van der Waals surface area (Å²) in [6, 6.07) is 0. The highest BCUT2D eigenvalue weighted by atomic mass is 16.6. The summed E-state index contributed by atoms with van der Waals surface area (Å²) in [6.07, 6.45) is 51.9. The Bertz CT molecular complexity index is 914. The van der Waals surface area contributed by atoms with Gasteiger partial charge in [0.25, 0.3) is 5.91 Å². The van der Waals surface area contributed by atoms with Gasteiger partial charge in [0.15, 0.2) is 5.60 Å². The molecule has 306 valence electrons. The molecule has 1 fully saturated rings. The summed E-state index contributed by atoms with van der Waals surface area (Å²) in [5.74, 6) is -0.318. The first-order valence-corrected chi connectivity index (χ1v) is 22.9. The number of amides is 1. The van der Waals surface area contributed by atoms with E-state index < -0.39 is 5.60 Å².